The van der Waals surface area contributed by atoms with Gasteiger partial charge in [-0.15, -0.1) is 0 Å². The number of nitrogens with zero attached hydrogens (tertiary/aromatic N) is 2. The number of rotatable bonds is 1. The lowest BCUT2D eigenvalue weighted by Gasteiger charge is -2.00. The minimum absolute atomic E-state index is 0.172. The highest BCUT2D eigenvalue weighted by atomic mass is 15.0. The maximum absolute atomic E-state index is 5.49. The molecule has 5 heteroatoms. The van der Waals surface area contributed by atoms with Crippen molar-refractivity contribution in [3.8, 4) is 0 Å². The Hall–Kier alpha value is -1.65. The average molecular weight is 152 g/mol. The molecule has 1 rings (SSSR count). The van der Waals surface area contributed by atoms with Crippen LogP contribution in [0.5, 0.6) is 0 Å². The molecule has 0 bridgehead atoms. The Morgan fingerprint density at radius 1 is 1.36 bits per heavy atom. The van der Waals surface area contributed by atoms with E-state index >= 15 is 0 Å². The molecule has 0 unspecified atom stereocenters. The van der Waals surface area contributed by atoms with Crippen LogP contribution in [-0.4, -0.2) is 16.2 Å². The van der Waals surface area contributed by atoms with Crippen LogP contribution in [0.15, 0.2) is 0 Å². The van der Waals surface area contributed by atoms with Gasteiger partial charge in [0.1, 0.15) is 11.4 Å². The zero-order valence-electron chi connectivity index (χ0n) is 6.20. The number of aromatic nitrogens is 2. The van der Waals surface area contributed by atoms with Gasteiger partial charge in [0.15, 0.2) is 6.21 Å². The second-order valence-corrected chi connectivity index (χ2v) is 2.13. The van der Waals surface area contributed by atoms with Crippen LogP contribution in [0.2, 0.25) is 0 Å². The summed E-state index contributed by atoms with van der Waals surface area (Å²) >= 11 is 0. The standard InChI is InChI=1S/C6H9N5/c1-3-4(2-7)5(8)11-6(9)10-3/h2,7H,1H3,(H4,8,9,10,11)/p+1. The molecule has 5 nitrogen and oxygen atoms in total. The van der Waals surface area contributed by atoms with Crippen molar-refractivity contribution in [3.05, 3.63) is 11.3 Å². The van der Waals surface area contributed by atoms with E-state index in [0.717, 1.165) is 0 Å². The molecule has 0 saturated heterocycles. The van der Waals surface area contributed by atoms with E-state index in [0.29, 0.717) is 17.1 Å². The Morgan fingerprint density at radius 3 is 2.45 bits per heavy atom. The SMILES string of the molecule is Cc1nc(N)nc(N)c1C=[NH2+]. The van der Waals surface area contributed by atoms with E-state index in [1.54, 1.807) is 6.92 Å². The highest BCUT2D eigenvalue weighted by molar-refractivity contribution is 5.83. The van der Waals surface area contributed by atoms with Crippen molar-refractivity contribution in [1.82, 2.24) is 9.97 Å². The normalized spacial score (nSPS) is 9.55. The van der Waals surface area contributed by atoms with Gasteiger partial charge in [-0.25, -0.2) is 4.98 Å². The fourth-order valence-electron chi connectivity index (χ4n) is 0.832. The summed E-state index contributed by atoms with van der Waals surface area (Å²) in [7, 11) is 0. The predicted octanol–water partition coefficient (Wildman–Crippen LogP) is -1.87. The van der Waals surface area contributed by atoms with Crippen LogP contribution in [0.3, 0.4) is 0 Å². The van der Waals surface area contributed by atoms with Crippen molar-refractivity contribution in [2.45, 2.75) is 6.92 Å². The summed E-state index contributed by atoms with van der Waals surface area (Å²) in [4.78, 5) is 7.62. The molecule has 0 aromatic carbocycles. The first-order valence-corrected chi connectivity index (χ1v) is 3.09. The molecule has 1 heterocycles. The largest absolute Gasteiger partial charge is 0.383 e. The molecule has 0 saturated carbocycles. The summed E-state index contributed by atoms with van der Waals surface area (Å²) < 4.78 is 0. The molecule has 0 aliphatic heterocycles. The highest BCUT2D eigenvalue weighted by Crippen LogP contribution is 2.09. The lowest BCUT2D eigenvalue weighted by molar-refractivity contribution is -0.104. The number of nitrogens with two attached hydrogens (primary N) is 3. The molecule has 1 aromatic rings. The number of hydrogen-bond acceptors (Lipinski definition) is 4. The third-order valence-corrected chi connectivity index (χ3v) is 1.35. The Morgan fingerprint density at radius 2 is 2.00 bits per heavy atom. The van der Waals surface area contributed by atoms with E-state index in [1.807, 2.05) is 0 Å². The van der Waals surface area contributed by atoms with Crippen LogP contribution in [0, 0.1) is 6.92 Å². The van der Waals surface area contributed by atoms with E-state index in [9.17, 15) is 0 Å². The number of aryl methyl sites for hydroxylation is 1. The molecular weight excluding hydrogens is 142 g/mol. The molecule has 0 atom stereocenters. The van der Waals surface area contributed by atoms with E-state index < -0.39 is 0 Å². The monoisotopic (exact) mass is 152 g/mol. The first-order valence-electron chi connectivity index (χ1n) is 3.09. The predicted molar refractivity (Wildman–Crippen MR) is 42.7 cm³/mol. The van der Waals surface area contributed by atoms with Crippen molar-refractivity contribution in [1.29, 1.82) is 0 Å². The van der Waals surface area contributed by atoms with Crippen LogP contribution in [0.25, 0.3) is 0 Å². The maximum atomic E-state index is 5.49. The smallest absolute Gasteiger partial charge is 0.222 e. The minimum atomic E-state index is 0.172. The molecule has 0 fully saturated rings. The van der Waals surface area contributed by atoms with Gasteiger partial charge in [0, 0.05) is 0 Å². The Bertz CT molecular complexity index is 270. The Labute approximate surface area is 64.0 Å². The number of hydrogen-bond donors (Lipinski definition) is 3. The molecule has 0 amide bonds. The van der Waals surface area contributed by atoms with Crippen molar-refractivity contribution in [2.24, 2.45) is 0 Å². The second kappa shape index (κ2) is 2.53. The van der Waals surface area contributed by atoms with Gasteiger partial charge in [-0.2, -0.15) is 4.98 Å². The molecule has 6 N–H and O–H groups in total. The summed E-state index contributed by atoms with van der Waals surface area (Å²) in [5, 5.41) is 5.28. The van der Waals surface area contributed by atoms with Gasteiger partial charge >= 0.3 is 0 Å². The van der Waals surface area contributed by atoms with E-state index in [2.05, 4.69) is 9.97 Å². The first kappa shape index (κ1) is 7.46. The lowest BCUT2D eigenvalue weighted by Crippen LogP contribution is -2.31. The fraction of sp³-hybridized carbons (Fsp3) is 0.167. The summed E-state index contributed by atoms with van der Waals surface area (Å²) in [6.45, 7) is 1.77. The lowest BCUT2D eigenvalue weighted by atomic mass is 10.2. The molecule has 58 valence electrons. The second-order valence-electron chi connectivity index (χ2n) is 2.13. The van der Waals surface area contributed by atoms with Crippen molar-refractivity contribution in [2.75, 3.05) is 11.5 Å². The fourth-order valence-corrected chi connectivity index (χ4v) is 0.832. The number of nitrogen functional groups attached to an aromatic ring is 2. The number of anilines is 2. The quantitative estimate of drug-likeness (QED) is 0.410. The maximum Gasteiger partial charge on any atom is 0.222 e. The minimum Gasteiger partial charge on any atom is -0.383 e. The summed E-state index contributed by atoms with van der Waals surface area (Å²) in [6, 6.07) is 0. The summed E-state index contributed by atoms with van der Waals surface area (Å²) in [6.07, 6.45) is 1.37. The van der Waals surface area contributed by atoms with Crippen LogP contribution in [-0.2, 0) is 0 Å². The van der Waals surface area contributed by atoms with E-state index in [-0.39, 0.29) is 5.95 Å². The summed E-state index contributed by atoms with van der Waals surface area (Å²) in [5.41, 5.74) is 12.1. The topological polar surface area (TPSA) is 103 Å². The van der Waals surface area contributed by atoms with Crippen LogP contribution in [0.4, 0.5) is 11.8 Å². The molecular formula is C6H10N5+. The highest BCUT2D eigenvalue weighted by Gasteiger charge is 2.05. The van der Waals surface area contributed by atoms with Gasteiger partial charge in [0.2, 0.25) is 5.95 Å². The molecule has 1 aromatic heterocycles. The zero-order chi connectivity index (χ0) is 8.43. The van der Waals surface area contributed by atoms with Gasteiger partial charge in [-0.05, 0) is 6.92 Å². The molecule has 0 aliphatic rings. The molecule has 0 aliphatic carbocycles. The first-order chi connectivity index (χ1) is 5.15. The zero-order valence-corrected chi connectivity index (χ0v) is 6.20. The van der Waals surface area contributed by atoms with Crippen molar-refractivity contribution in [3.63, 3.8) is 0 Å². The van der Waals surface area contributed by atoms with Gasteiger partial charge in [0.05, 0.1) is 5.69 Å². The van der Waals surface area contributed by atoms with Gasteiger partial charge < -0.3 is 11.5 Å². The molecule has 0 radical (unpaired) electrons. The van der Waals surface area contributed by atoms with Crippen LogP contribution >= 0.6 is 0 Å². The van der Waals surface area contributed by atoms with Crippen LogP contribution in [0.1, 0.15) is 11.3 Å². The third kappa shape index (κ3) is 1.26. The molecule has 0 spiro atoms. The Kier molecular flexibility index (Phi) is 1.72. The van der Waals surface area contributed by atoms with Gasteiger partial charge in [-0.3, -0.25) is 5.41 Å². The summed E-state index contributed by atoms with van der Waals surface area (Å²) in [5.74, 6) is 0.489. The molecule has 11 heavy (non-hydrogen) atoms. The van der Waals surface area contributed by atoms with E-state index in [4.69, 9.17) is 16.9 Å². The van der Waals surface area contributed by atoms with Gasteiger partial charge in [0.25, 0.3) is 0 Å². The van der Waals surface area contributed by atoms with E-state index in [1.165, 1.54) is 6.21 Å². The third-order valence-electron chi connectivity index (χ3n) is 1.35. The van der Waals surface area contributed by atoms with Crippen molar-refractivity contribution >= 4 is 18.0 Å². The Balaban J connectivity index is 3.36. The van der Waals surface area contributed by atoms with Gasteiger partial charge in [-0.1, -0.05) is 0 Å². The van der Waals surface area contributed by atoms with Crippen LogP contribution < -0.4 is 16.9 Å². The average Bonchev–Trinajstić information content (AvgIpc) is 1.85. The van der Waals surface area contributed by atoms with Crippen molar-refractivity contribution < 1.29 is 5.41 Å².